The van der Waals surface area contributed by atoms with Crippen LogP contribution in [0.15, 0.2) is 39.7 Å². The van der Waals surface area contributed by atoms with Gasteiger partial charge in [-0.25, -0.2) is 0 Å². The largest absolute Gasteiger partial charge is 0.481 e. The third kappa shape index (κ3) is 4.82. The monoisotopic (exact) mass is 461 g/mol. The van der Waals surface area contributed by atoms with Crippen molar-refractivity contribution in [3.8, 4) is 11.3 Å². The van der Waals surface area contributed by atoms with Gasteiger partial charge in [0.2, 0.25) is 0 Å². The number of alkyl halides is 3. The van der Waals surface area contributed by atoms with Gasteiger partial charge >= 0.3 is 12.1 Å². The lowest BCUT2D eigenvalue weighted by atomic mass is 10.1. The molecule has 2 heterocycles. The molecule has 1 aromatic carbocycles. The Balaban J connectivity index is 1.83. The number of thioether (sulfide) groups is 1. The first-order valence-electron chi connectivity index (χ1n) is 8.00. The minimum atomic E-state index is -4.60. The Morgan fingerprint density at radius 2 is 2.03 bits per heavy atom. The molecular formula is C18H11ClF3NO4S2. The molecule has 1 fully saturated rings. The highest BCUT2D eigenvalue weighted by Gasteiger charge is 2.34. The minimum Gasteiger partial charge on any atom is -0.481 e. The maximum Gasteiger partial charge on any atom is 0.417 e. The molecule has 1 saturated heterocycles. The number of rotatable bonds is 5. The summed E-state index contributed by atoms with van der Waals surface area (Å²) in [7, 11) is 0. The fraction of sp³-hybridized carbons (Fsp3) is 0.167. The molecule has 1 N–H and O–H groups in total. The molecular weight excluding hydrogens is 451 g/mol. The molecule has 5 nitrogen and oxygen atoms in total. The predicted octanol–water partition coefficient (Wildman–Crippen LogP) is 5.29. The van der Waals surface area contributed by atoms with Gasteiger partial charge in [-0.05, 0) is 30.3 Å². The predicted molar refractivity (Wildman–Crippen MR) is 106 cm³/mol. The first kappa shape index (κ1) is 21.4. The highest BCUT2D eigenvalue weighted by molar-refractivity contribution is 8.26. The molecule has 0 spiro atoms. The van der Waals surface area contributed by atoms with E-state index >= 15 is 0 Å². The Morgan fingerprint density at radius 1 is 1.31 bits per heavy atom. The Labute approximate surface area is 177 Å². The van der Waals surface area contributed by atoms with Gasteiger partial charge in [0.05, 0.1) is 21.9 Å². The number of hydrogen-bond donors (Lipinski definition) is 1. The number of carboxylic acid groups (broad SMARTS) is 1. The molecule has 1 aliphatic heterocycles. The van der Waals surface area contributed by atoms with Crippen LogP contribution in [-0.2, 0) is 15.8 Å². The Morgan fingerprint density at radius 3 is 2.69 bits per heavy atom. The third-order valence-electron chi connectivity index (χ3n) is 3.88. The van der Waals surface area contributed by atoms with Crippen LogP contribution < -0.4 is 0 Å². The smallest absolute Gasteiger partial charge is 0.417 e. The summed E-state index contributed by atoms with van der Waals surface area (Å²) in [4.78, 5) is 24.5. The summed E-state index contributed by atoms with van der Waals surface area (Å²) in [6, 6.07) is 6.39. The molecule has 2 aromatic rings. The van der Waals surface area contributed by atoms with Gasteiger partial charge in [0.15, 0.2) is 0 Å². The molecule has 1 aromatic heterocycles. The molecule has 1 amide bonds. The van der Waals surface area contributed by atoms with E-state index in [1.165, 1.54) is 29.2 Å². The van der Waals surface area contributed by atoms with Crippen molar-refractivity contribution in [1.29, 1.82) is 0 Å². The highest BCUT2D eigenvalue weighted by Crippen LogP contribution is 2.38. The molecule has 11 heteroatoms. The van der Waals surface area contributed by atoms with E-state index in [4.69, 9.17) is 33.3 Å². The zero-order chi connectivity index (χ0) is 21.3. The maximum absolute atomic E-state index is 13.0. The number of benzene rings is 1. The average Bonchev–Trinajstić information content (AvgIpc) is 3.18. The molecule has 0 aliphatic carbocycles. The van der Waals surface area contributed by atoms with Gasteiger partial charge < -0.3 is 9.52 Å². The number of nitrogens with zero attached hydrogens (tertiary/aromatic N) is 1. The number of thiocarbonyl (C=S) groups is 1. The third-order valence-corrected chi connectivity index (χ3v) is 5.59. The van der Waals surface area contributed by atoms with Crippen molar-refractivity contribution in [2.45, 2.75) is 12.6 Å². The van der Waals surface area contributed by atoms with Gasteiger partial charge in [-0.3, -0.25) is 14.5 Å². The first-order valence-corrected chi connectivity index (χ1v) is 9.60. The van der Waals surface area contributed by atoms with Crippen LogP contribution in [0.3, 0.4) is 0 Å². The number of aliphatic carboxylic acids is 1. The second-order valence-corrected chi connectivity index (χ2v) is 7.95. The van der Waals surface area contributed by atoms with Crippen molar-refractivity contribution >= 4 is 57.9 Å². The van der Waals surface area contributed by atoms with Crippen LogP contribution in [0.5, 0.6) is 0 Å². The van der Waals surface area contributed by atoms with Crippen LogP contribution in [-0.4, -0.2) is 32.7 Å². The molecule has 0 saturated carbocycles. The number of carboxylic acids is 1. The second kappa shape index (κ2) is 8.21. The summed E-state index contributed by atoms with van der Waals surface area (Å²) < 4.78 is 44.9. The van der Waals surface area contributed by atoms with E-state index in [2.05, 4.69) is 0 Å². The summed E-state index contributed by atoms with van der Waals surface area (Å²) in [5, 5.41) is 8.33. The fourth-order valence-corrected chi connectivity index (χ4v) is 4.02. The van der Waals surface area contributed by atoms with E-state index in [0.717, 1.165) is 23.9 Å². The van der Waals surface area contributed by atoms with Crippen LogP contribution in [0.25, 0.3) is 17.4 Å². The molecule has 152 valence electrons. The van der Waals surface area contributed by atoms with Crippen molar-refractivity contribution in [2.75, 3.05) is 6.54 Å². The summed E-state index contributed by atoms with van der Waals surface area (Å²) in [6.45, 7) is -0.0499. The quantitative estimate of drug-likeness (QED) is 0.481. The topological polar surface area (TPSA) is 70.8 Å². The van der Waals surface area contributed by atoms with Crippen LogP contribution in [0.4, 0.5) is 13.2 Å². The van der Waals surface area contributed by atoms with Crippen molar-refractivity contribution < 1.29 is 32.3 Å². The molecule has 0 radical (unpaired) electrons. The van der Waals surface area contributed by atoms with E-state index in [1.807, 2.05) is 0 Å². The average molecular weight is 462 g/mol. The first-order chi connectivity index (χ1) is 13.6. The molecule has 29 heavy (non-hydrogen) atoms. The van der Waals surface area contributed by atoms with E-state index in [-0.39, 0.29) is 39.3 Å². The van der Waals surface area contributed by atoms with Crippen LogP contribution in [0, 0.1) is 0 Å². The van der Waals surface area contributed by atoms with Gasteiger partial charge in [0.25, 0.3) is 5.91 Å². The van der Waals surface area contributed by atoms with E-state index < -0.39 is 28.6 Å². The Kier molecular flexibility index (Phi) is 6.06. The number of carbonyl (C=O) groups is 2. The van der Waals surface area contributed by atoms with E-state index in [1.54, 1.807) is 0 Å². The number of hydrogen-bond acceptors (Lipinski definition) is 5. The number of halogens is 4. The van der Waals surface area contributed by atoms with E-state index in [9.17, 15) is 22.8 Å². The van der Waals surface area contributed by atoms with Gasteiger partial charge in [0, 0.05) is 18.2 Å². The summed E-state index contributed by atoms with van der Waals surface area (Å²) >= 11 is 11.7. The second-order valence-electron chi connectivity index (χ2n) is 5.87. The normalized spacial score (nSPS) is 16.1. The highest BCUT2D eigenvalue weighted by atomic mass is 35.5. The fourth-order valence-electron chi connectivity index (χ4n) is 2.51. The molecule has 0 unspecified atom stereocenters. The maximum atomic E-state index is 13.0. The van der Waals surface area contributed by atoms with Crippen molar-refractivity contribution in [1.82, 2.24) is 4.90 Å². The zero-order valence-electron chi connectivity index (χ0n) is 14.3. The van der Waals surface area contributed by atoms with E-state index in [0.29, 0.717) is 0 Å². The lowest BCUT2D eigenvalue weighted by Gasteiger charge is -2.12. The Hall–Kier alpha value is -2.30. The molecule has 0 atom stereocenters. The van der Waals surface area contributed by atoms with Crippen molar-refractivity contribution in [3.05, 3.63) is 51.6 Å². The number of furan rings is 1. The lowest BCUT2D eigenvalue weighted by Crippen LogP contribution is -2.30. The molecule has 0 bridgehead atoms. The number of carbonyl (C=O) groups excluding carboxylic acids is 1. The number of amides is 1. The lowest BCUT2D eigenvalue weighted by molar-refractivity contribution is -0.138. The van der Waals surface area contributed by atoms with Gasteiger partial charge in [-0.1, -0.05) is 35.6 Å². The van der Waals surface area contributed by atoms with Crippen LogP contribution >= 0.6 is 35.6 Å². The van der Waals surface area contributed by atoms with Crippen LogP contribution in [0.2, 0.25) is 5.02 Å². The summed E-state index contributed by atoms with van der Waals surface area (Å²) in [5.74, 6) is -1.10. The summed E-state index contributed by atoms with van der Waals surface area (Å²) in [5.41, 5.74) is -0.802. The molecule has 3 rings (SSSR count). The molecule has 1 aliphatic rings. The van der Waals surface area contributed by atoms with Gasteiger partial charge in [0.1, 0.15) is 15.8 Å². The Bertz CT molecular complexity index is 1030. The van der Waals surface area contributed by atoms with Crippen molar-refractivity contribution in [3.63, 3.8) is 0 Å². The zero-order valence-corrected chi connectivity index (χ0v) is 16.7. The SMILES string of the molecule is O=C(O)CCN1C(=O)C(=Cc2ccc(-c3ccc(Cl)c(C(F)(F)F)c3)o2)SC1=S. The minimum absolute atomic E-state index is 0.0499. The van der Waals surface area contributed by atoms with Gasteiger partial charge in [-0.15, -0.1) is 0 Å². The van der Waals surface area contributed by atoms with Crippen molar-refractivity contribution in [2.24, 2.45) is 0 Å². The standard InChI is InChI=1S/C18H11ClF3NO4S2/c19-12-3-1-9(7-11(12)18(20,21)22)13-4-2-10(27-13)8-14-16(26)23(17(28)29-14)6-5-15(24)25/h1-4,7-8H,5-6H2,(H,24,25). The van der Waals surface area contributed by atoms with Gasteiger partial charge in [-0.2, -0.15) is 13.2 Å². The summed E-state index contributed by atoms with van der Waals surface area (Å²) in [6.07, 6.45) is -3.45. The van der Waals surface area contributed by atoms with Crippen LogP contribution in [0.1, 0.15) is 17.7 Å².